The lowest BCUT2D eigenvalue weighted by molar-refractivity contribution is -0.131. The SMILES string of the molecule is CC(C)c1nccn1-c1cncc([C@H]2CCCN(C(=O)Cc3ccccc3)C2)n1. The number of hydrogen-bond donors (Lipinski definition) is 0. The van der Waals surface area contributed by atoms with Gasteiger partial charge in [0.2, 0.25) is 5.91 Å². The Balaban J connectivity index is 1.50. The van der Waals surface area contributed by atoms with E-state index in [9.17, 15) is 4.79 Å². The number of likely N-dealkylation sites (tertiary alicyclic amines) is 1. The van der Waals surface area contributed by atoms with E-state index in [1.165, 1.54) is 0 Å². The largest absolute Gasteiger partial charge is 0.342 e. The molecular weight excluding hydrogens is 362 g/mol. The molecule has 0 spiro atoms. The lowest BCUT2D eigenvalue weighted by Gasteiger charge is -2.32. The van der Waals surface area contributed by atoms with Crippen LogP contribution in [0.2, 0.25) is 0 Å². The highest BCUT2D eigenvalue weighted by Crippen LogP contribution is 2.26. The maximum absolute atomic E-state index is 12.8. The fourth-order valence-corrected chi connectivity index (χ4v) is 3.95. The first-order valence-electron chi connectivity index (χ1n) is 10.3. The minimum absolute atomic E-state index is 0.182. The Morgan fingerprint density at radius 1 is 1.21 bits per heavy atom. The summed E-state index contributed by atoms with van der Waals surface area (Å²) in [6.07, 6.45) is 9.80. The fourth-order valence-electron chi connectivity index (χ4n) is 3.95. The summed E-state index contributed by atoms with van der Waals surface area (Å²) < 4.78 is 2.00. The van der Waals surface area contributed by atoms with E-state index in [0.29, 0.717) is 18.9 Å². The molecule has 0 saturated carbocycles. The van der Waals surface area contributed by atoms with Crippen LogP contribution in [0.5, 0.6) is 0 Å². The quantitative estimate of drug-likeness (QED) is 0.667. The second kappa shape index (κ2) is 8.55. The summed E-state index contributed by atoms with van der Waals surface area (Å²) in [7, 11) is 0. The van der Waals surface area contributed by atoms with Gasteiger partial charge in [0, 0.05) is 43.5 Å². The Bertz CT molecular complexity index is 966. The standard InChI is InChI=1S/C23H27N5O/c1-17(2)23-25-10-12-28(23)21-15-24-14-20(26-21)19-9-6-11-27(16-19)22(29)13-18-7-4-3-5-8-18/h3-5,7-8,10,12,14-15,17,19H,6,9,11,13,16H2,1-2H3/t19-/m0/s1. The molecule has 0 radical (unpaired) electrons. The van der Waals surface area contributed by atoms with Crippen molar-refractivity contribution in [2.45, 2.75) is 44.9 Å². The van der Waals surface area contributed by atoms with Gasteiger partial charge in [-0.25, -0.2) is 9.97 Å². The van der Waals surface area contributed by atoms with Crippen LogP contribution in [-0.2, 0) is 11.2 Å². The normalized spacial score (nSPS) is 16.9. The number of carbonyl (C=O) groups excluding carboxylic acids is 1. The number of rotatable bonds is 5. The van der Waals surface area contributed by atoms with E-state index in [4.69, 9.17) is 4.98 Å². The van der Waals surface area contributed by atoms with Crippen molar-refractivity contribution in [1.29, 1.82) is 0 Å². The van der Waals surface area contributed by atoms with Gasteiger partial charge in [0.1, 0.15) is 5.82 Å². The second-order valence-electron chi connectivity index (χ2n) is 7.95. The minimum Gasteiger partial charge on any atom is -0.342 e. The molecule has 1 fully saturated rings. The molecule has 150 valence electrons. The summed E-state index contributed by atoms with van der Waals surface area (Å²) in [5.74, 6) is 2.45. The number of imidazole rings is 1. The Labute approximate surface area is 171 Å². The van der Waals surface area contributed by atoms with Gasteiger partial charge in [-0.2, -0.15) is 0 Å². The van der Waals surface area contributed by atoms with Crippen molar-refractivity contribution < 1.29 is 4.79 Å². The second-order valence-corrected chi connectivity index (χ2v) is 7.95. The number of piperidine rings is 1. The molecule has 1 aliphatic heterocycles. The van der Waals surface area contributed by atoms with Crippen molar-refractivity contribution in [2.75, 3.05) is 13.1 Å². The fraction of sp³-hybridized carbons (Fsp3) is 0.391. The number of nitrogens with zero attached hydrogens (tertiary/aromatic N) is 5. The summed E-state index contributed by atoms with van der Waals surface area (Å²) in [4.78, 5) is 28.5. The molecule has 2 aromatic heterocycles. The van der Waals surface area contributed by atoms with Crippen LogP contribution >= 0.6 is 0 Å². The Morgan fingerprint density at radius 2 is 2.03 bits per heavy atom. The van der Waals surface area contributed by atoms with Crippen molar-refractivity contribution in [3.05, 3.63) is 72.2 Å². The lowest BCUT2D eigenvalue weighted by Crippen LogP contribution is -2.40. The van der Waals surface area contributed by atoms with Crippen molar-refractivity contribution in [1.82, 2.24) is 24.4 Å². The third kappa shape index (κ3) is 4.36. The third-order valence-electron chi connectivity index (χ3n) is 5.46. The number of benzene rings is 1. The van der Waals surface area contributed by atoms with Crippen molar-refractivity contribution in [3.63, 3.8) is 0 Å². The van der Waals surface area contributed by atoms with Crippen molar-refractivity contribution in [3.8, 4) is 5.82 Å². The molecule has 4 rings (SSSR count). The van der Waals surface area contributed by atoms with Gasteiger partial charge in [0.15, 0.2) is 5.82 Å². The zero-order valence-corrected chi connectivity index (χ0v) is 17.0. The van der Waals surface area contributed by atoms with Gasteiger partial charge < -0.3 is 4.90 Å². The van der Waals surface area contributed by atoms with E-state index in [0.717, 1.165) is 42.3 Å². The van der Waals surface area contributed by atoms with Crippen LogP contribution < -0.4 is 0 Å². The number of aromatic nitrogens is 4. The van der Waals surface area contributed by atoms with E-state index < -0.39 is 0 Å². The Kier molecular flexibility index (Phi) is 5.69. The van der Waals surface area contributed by atoms with Crippen LogP contribution in [0, 0.1) is 0 Å². The molecule has 6 nitrogen and oxygen atoms in total. The maximum Gasteiger partial charge on any atom is 0.227 e. The molecule has 29 heavy (non-hydrogen) atoms. The number of amides is 1. The van der Waals surface area contributed by atoms with Crippen LogP contribution in [0.3, 0.4) is 0 Å². The van der Waals surface area contributed by atoms with Gasteiger partial charge in [-0.3, -0.25) is 14.3 Å². The maximum atomic E-state index is 12.8. The highest BCUT2D eigenvalue weighted by atomic mass is 16.2. The van der Waals surface area contributed by atoms with E-state index in [1.54, 1.807) is 12.4 Å². The zero-order chi connectivity index (χ0) is 20.2. The monoisotopic (exact) mass is 389 g/mol. The molecule has 1 amide bonds. The lowest BCUT2D eigenvalue weighted by atomic mass is 9.94. The van der Waals surface area contributed by atoms with Gasteiger partial charge in [-0.1, -0.05) is 44.2 Å². The van der Waals surface area contributed by atoms with Crippen LogP contribution in [0.25, 0.3) is 5.82 Å². The zero-order valence-electron chi connectivity index (χ0n) is 17.0. The predicted octanol–water partition coefficient (Wildman–Crippen LogP) is 3.73. The van der Waals surface area contributed by atoms with E-state index in [-0.39, 0.29) is 11.8 Å². The highest BCUT2D eigenvalue weighted by molar-refractivity contribution is 5.79. The first-order chi connectivity index (χ1) is 14.1. The van der Waals surface area contributed by atoms with E-state index in [1.807, 2.05) is 52.2 Å². The van der Waals surface area contributed by atoms with Crippen molar-refractivity contribution in [2.24, 2.45) is 0 Å². The van der Waals surface area contributed by atoms with Crippen LogP contribution in [0.4, 0.5) is 0 Å². The van der Waals surface area contributed by atoms with E-state index in [2.05, 4.69) is 23.8 Å². The molecule has 0 N–H and O–H groups in total. The minimum atomic E-state index is 0.182. The summed E-state index contributed by atoms with van der Waals surface area (Å²) in [6, 6.07) is 9.94. The topological polar surface area (TPSA) is 63.9 Å². The van der Waals surface area contributed by atoms with E-state index >= 15 is 0 Å². The summed E-state index contributed by atoms with van der Waals surface area (Å²) in [5.41, 5.74) is 2.01. The Hall–Kier alpha value is -3.02. The molecule has 1 atom stereocenters. The predicted molar refractivity (Wildman–Crippen MR) is 112 cm³/mol. The average molecular weight is 390 g/mol. The molecule has 1 aliphatic rings. The first kappa shape index (κ1) is 19.3. The molecule has 3 heterocycles. The molecule has 0 aliphatic carbocycles. The summed E-state index contributed by atoms with van der Waals surface area (Å²) in [5, 5.41) is 0. The van der Waals surface area contributed by atoms with Gasteiger partial charge in [0.25, 0.3) is 0 Å². The summed E-state index contributed by atoms with van der Waals surface area (Å²) in [6.45, 7) is 5.75. The molecule has 3 aromatic rings. The van der Waals surface area contributed by atoms with Crippen LogP contribution in [-0.4, -0.2) is 43.4 Å². The van der Waals surface area contributed by atoms with Gasteiger partial charge in [-0.05, 0) is 18.4 Å². The third-order valence-corrected chi connectivity index (χ3v) is 5.46. The molecule has 0 unspecified atom stereocenters. The smallest absolute Gasteiger partial charge is 0.227 e. The van der Waals surface area contributed by atoms with Gasteiger partial charge in [0.05, 0.1) is 18.3 Å². The molecular formula is C23H27N5O. The molecule has 1 saturated heterocycles. The number of carbonyl (C=O) groups is 1. The highest BCUT2D eigenvalue weighted by Gasteiger charge is 2.26. The molecule has 1 aromatic carbocycles. The van der Waals surface area contributed by atoms with Crippen molar-refractivity contribution >= 4 is 5.91 Å². The van der Waals surface area contributed by atoms with Gasteiger partial charge >= 0.3 is 0 Å². The summed E-state index contributed by atoms with van der Waals surface area (Å²) >= 11 is 0. The van der Waals surface area contributed by atoms with Crippen LogP contribution in [0.15, 0.2) is 55.1 Å². The van der Waals surface area contributed by atoms with Gasteiger partial charge in [-0.15, -0.1) is 0 Å². The first-order valence-corrected chi connectivity index (χ1v) is 10.3. The molecule has 6 heteroatoms. The molecule has 0 bridgehead atoms. The number of hydrogen-bond acceptors (Lipinski definition) is 4. The van der Waals surface area contributed by atoms with Crippen LogP contribution in [0.1, 0.15) is 55.6 Å². The average Bonchev–Trinajstić information content (AvgIpc) is 3.25. The Morgan fingerprint density at radius 3 is 2.83 bits per heavy atom.